The van der Waals surface area contributed by atoms with Crippen molar-refractivity contribution in [2.24, 2.45) is 0 Å². The number of aromatic nitrogens is 5. The number of anilines is 2. The maximum atomic E-state index is 13.9. The van der Waals surface area contributed by atoms with Crippen LogP contribution in [0.3, 0.4) is 0 Å². The number of alkyl halides is 5. The third kappa shape index (κ3) is 4.82. The van der Waals surface area contributed by atoms with Crippen LogP contribution in [0.5, 0.6) is 0 Å². The van der Waals surface area contributed by atoms with Crippen LogP contribution < -0.4 is 10.2 Å². The molecule has 13 heteroatoms. The molecule has 3 aromatic rings. The molecule has 8 nitrogen and oxygen atoms in total. The first-order chi connectivity index (χ1) is 15.9. The van der Waals surface area contributed by atoms with Crippen molar-refractivity contribution in [3.8, 4) is 11.3 Å². The smallest absolute Gasteiger partial charge is 0.349 e. The van der Waals surface area contributed by atoms with Crippen molar-refractivity contribution >= 4 is 17.4 Å². The molecule has 0 aliphatic carbocycles. The molecule has 0 unspecified atom stereocenters. The number of hydrogen-bond donors (Lipinski definition) is 2. The van der Waals surface area contributed by atoms with Crippen molar-refractivity contribution in [2.75, 3.05) is 23.3 Å². The van der Waals surface area contributed by atoms with Gasteiger partial charge in [0, 0.05) is 43.0 Å². The lowest BCUT2D eigenvalue weighted by molar-refractivity contribution is -0.141. The number of pyridine rings is 1. The Labute approximate surface area is 190 Å². The summed E-state index contributed by atoms with van der Waals surface area (Å²) >= 11 is 0. The molecule has 34 heavy (non-hydrogen) atoms. The van der Waals surface area contributed by atoms with Gasteiger partial charge in [-0.1, -0.05) is 13.8 Å². The first kappa shape index (κ1) is 23.5. The van der Waals surface area contributed by atoms with Crippen LogP contribution >= 0.6 is 0 Å². The van der Waals surface area contributed by atoms with E-state index in [2.05, 4.69) is 25.4 Å². The fourth-order valence-electron chi connectivity index (χ4n) is 3.49. The Balaban J connectivity index is 1.75. The largest absolute Gasteiger partial charge is 0.432 e. The highest BCUT2D eigenvalue weighted by atomic mass is 19.4. The summed E-state index contributed by atoms with van der Waals surface area (Å²) in [6.45, 7) is 3.07. The summed E-state index contributed by atoms with van der Waals surface area (Å²) in [4.78, 5) is 26.6. The lowest BCUT2D eigenvalue weighted by atomic mass is 10.1. The zero-order valence-electron chi connectivity index (χ0n) is 18.1. The third-order valence-corrected chi connectivity index (χ3v) is 5.25. The number of carbonyl (C=O) groups excluding carboxylic acids is 1. The SMILES string of the molecule is CC(C)c1ncc(C(=O)Nc2c(-c3cc(C(F)(F)F)[nH]n3)ccnc2N2CCC(F)(F)C2)cn1. The summed E-state index contributed by atoms with van der Waals surface area (Å²) in [5, 5.41) is 8.21. The van der Waals surface area contributed by atoms with Gasteiger partial charge in [-0.05, 0) is 12.1 Å². The predicted octanol–water partition coefficient (Wildman–Crippen LogP) is 4.50. The second-order valence-electron chi connectivity index (χ2n) is 8.19. The minimum Gasteiger partial charge on any atom is -0.349 e. The topological polar surface area (TPSA) is 99.7 Å². The summed E-state index contributed by atoms with van der Waals surface area (Å²) in [5.41, 5.74) is -1.11. The molecule has 1 amide bonds. The highest BCUT2D eigenvalue weighted by Gasteiger charge is 2.40. The van der Waals surface area contributed by atoms with Crippen molar-refractivity contribution < 1.29 is 26.7 Å². The number of nitrogens with zero attached hydrogens (tertiary/aromatic N) is 5. The molecule has 1 fully saturated rings. The molecule has 1 aliphatic heterocycles. The van der Waals surface area contributed by atoms with Crippen molar-refractivity contribution in [3.63, 3.8) is 0 Å². The van der Waals surface area contributed by atoms with Gasteiger partial charge in [-0.2, -0.15) is 18.3 Å². The Kier molecular flexibility index (Phi) is 5.96. The summed E-state index contributed by atoms with van der Waals surface area (Å²) in [6.07, 6.45) is -1.20. The molecule has 0 aromatic carbocycles. The molecule has 0 atom stereocenters. The van der Waals surface area contributed by atoms with Crippen LogP contribution in [0, 0.1) is 0 Å². The lowest BCUT2D eigenvalue weighted by Gasteiger charge is -2.22. The summed E-state index contributed by atoms with van der Waals surface area (Å²) in [5.74, 6) is -3.08. The molecule has 1 saturated heterocycles. The van der Waals surface area contributed by atoms with E-state index in [9.17, 15) is 26.7 Å². The standard InChI is InChI=1S/C21H20F5N7O/c1-11(2)17-28-8-12(9-29-17)19(34)30-16-13(14-7-15(32-31-14)21(24,25)26)3-5-27-18(16)33-6-4-20(22,23)10-33/h3,5,7-9,11H,4,6,10H2,1-2H3,(H,30,34)(H,31,32). The molecule has 4 rings (SSSR count). The first-order valence-corrected chi connectivity index (χ1v) is 10.3. The molecule has 3 aromatic heterocycles. The number of amides is 1. The Morgan fingerprint density at radius 3 is 2.47 bits per heavy atom. The van der Waals surface area contributed by atoms with Gasteiger partial charge in [-0.15, -0.1) is 0 Å². The maximum absolute atomic E-state index is 13.9. The molecule has 1 aliphatic rings. The van der Waals surface area contributed by atoms with Crippen LogP contribution in [0.2, 0.25) is 0 Å². The zero-order valence-corrected chi connectivity index (χ0v) is 18.1. The molecule has 0 spiro atoms. The van der Waals surface area contributed by atoms with Gasteiger partial charge in [0.2, 0.25) is 0 Å². The van der Waals surface area contributed by atoms with Crippen LogP contribution in [-0.2, 0) is 6.18 Å². The van der Waals surface area contributed by atoms with Crippen LogP contribution in [0.15, 0.2) is 30.7 Å². The van der Waals surface area contributed by atoms with E-state index >= 15 is 0 Å². The van der Waals surface area contributed by atoms with E-state index in [4.69, 9.17) is 0 Å². The molecule has 0 radical (unpaired) electrons. The number of aromatic amines is 1. The second-order valence-corrected chi connectivity index (χ2v) is 8.19. The maximum Gasteiger partial charge on any atom is 0.432 e. The van der Waals surface area contributed by atoms with E-state index in [1.165, 1.54) is 29.6 Å². The number of hydrogen-bond acceptors (Lipinski definition) is 6. The quantitative estimate of drug-likeness (QED) is 0.521. The fraction of sp³-hybridized carbons (Fsp3) is 0.381. The van der Waals surface area contributed by atoms with Crippen LogP contribution in [0.25, 0.3) is 11.3 Å². The summed E-state index contributed by atoms with van der Waals surface area (Å²) in [6, 6.07) is 2.12. The number of carbonyl (C=O) groups is 1. The van der Waals surface area contributed by atoms with E-state index in [0.717, 1.165) is 6.07 Å². The molecule has 2 N–H and O–H groups in total. The zero-order chi connectivity index (χ0) is 24.7. The Morgan fingerprint density at radius 1 is 1.21 bits per heavy atom. The van der Waals surface area contributed by atoms with Crippen molar-refractivity contribution in [2.45, 2.75) is 38.3 Å². The molecule has 4 heterocycles. The van der Waals surface area contributed by atoms with Gasteiger partial charge in [-0.3, -0.25) is 9.89 Å². The average molecular weight is 481 g/mol. The van der Waals surface area contributed by atoms with E-state index in [-0.39, 0.29) is 40.8 Å². The summed E-state index contributed by atoms with van der Waals surface area (Å²) < 4.78 is 67.0. The van der Waals surface area contributed by atoms with Crippen LogP contribution in [0.4, 0.5) is 33.5 Å². The van der Waals surface area contributed by atoms with Crippen molar-refractivity contribution in [1.29, 1.82) is 0 Å². The molecule has 180 valence electrons. The number of nitrogens with one attached hydrogen (secondary N) is 2. The lowest BCUT2D eigenvalue weighted by Crippen LogP contribution is -2.27. The number of H-pyrrole nitrogens is 1. The Hall–Kier alpha value is -3.64. The predicted molar refractivity (Wildman–Crippen MR) is 113 cm³/mol. The molecule has 0 saturated carbocycles. The average Bonchev–Trinajstić information content (AvgIpc) is 3.40. The van der Waals surface area contributed by atoms with Crippen LogP contribution in [0.1, 0.15) is 48.1 Å². The van der Waals surface area contributed by atoms with Gasteiger partial charge in [0.05, 0.1) is 23.5 Å². The van der Waals surface area contributed by atoms with E-state index in [0.29, 0.717) is 5.82 Å². The molecule has 0 bridgehead atoms. The van der Waals surface area contributed by atoms with E-state index in [1.807, 2.05) is 18.9 Å². The van der Waals surface area contributed by atoms with Gasteiger partial charge >= 0.3 is 6.18 Å². The van der Waals surface area contributed by atoms with Crippen molar-refractivity contribution in [1.82, 2.24) is 25.1 Å². The van der Waals surface area contributed by atoms with Crippen molar-refractivity contribution in [3.05, 3.63) is 47.8 Å². The number of halogens is 5. The highest BCUT2D eigenvalue weighted by Crippen LogP contribution is 2.39. The second kappa shape index (κ2) is 8.61. The minimum atomic E-state index is -4.67. The fourth-order valence-corrected chi connectivity index (χ4v) is 3.49. The van der Waals surface area contributed by atoms with E-state index in [1.54, 1.807) is 0 Å². The van der Waals surface area contributed by atoms with Gasteiger partial charge in [-0.25, -0.2) is 23.7 Å². The van der Waals surface area contributed by atoms with Gasteiger partial charge < -0.3 is 10.2 Å². The minimum absolute atomic E-state index is 0.000646. The van der Waals surface area contributed by atoms with Gasteiger partial charge in [0.1, 0.15) is 11.5 Å². The van der Waals surface area contributed by atoms with Gasteiger partial charge in [0.15, 0.2) is 5.82 Å². The summed E-state index contributed by atoms with van der Waals surface area (Å²) in [7, 11) is 0. The highest BCUT2D eigenvalue weighted by molar-refractivity contribution is 6.07. The Morgan fingerprint density at radius 2 is 1.91 bits per heavy atom. The monoisotopic (exact) mass is 481 g/mol. The van der Waals surface area contributed by atoms with Gasteiger partial charge in [0.25, 0.3) is 11.8 Å². The van der Waals surface area contributed by atoms with Crippen LogP contribution in [-0.4, -0.2) is 50.1 Å². The van der Waals surface area contributed by atoms with E-state index < -0.39 is 36.7 Å². The first-order valence-electron chi connectivity index (χ1n) is 10.3. The third-order valence-electron chi connectivity index (χ3n) is 5.25. The normalized spacial score (nSPS) is 15.7. The number of rotatable bonds is 5. The molecular formula is C21H20F5N7O. The Bertz CT molecular complexity index is 1190. The molecular weight excluding hydrogens is 461 g/mol.